The molecule has 0 atom stereocenters. The van der Waals surface area contributed by atoms with E-state index in [1.54, 1.807) is 31.7 Å². The summed E-state index contributed by atoms with van der Waals surface area (Å²) in [6, 6.07) is 8.92. The van der Waals surface area contributed by atoms with Crippen LogP contribution in [0.15, 0.2) is 46.7 Å². The number of hydrogen-bond acceptors (Lipinski definition) is 8. The van der Waals surface area contributed by atoms with Crippen LogP contribution in [0.1, 0.15) is 16.1 Å². The summed E-state index contributed by atoms with van der Waals surface area (Å²) in [6.45, 7) is -0.121. The lowest BCUT2D eigenvalue weighted by Crippen LogP contribution is -2.14. The van der Waals surface area contributed by atoms with Crippen molar-refractivity contribution in [3.05, 3.63) is 58.1 Å². The van der Waals surface area contributed by atoms with Crippen molar-refractivity contribution in [3.63, 3.8) is 0 Å². The summed E-state index contributed by atoms with van der Waals surface area (Å²) in [5.41, 5.74) is 1.18. The first-order valence-electron chi connectivity index (χ1n) is 8.39. The smallest absolute Gasteiger partial charge is 0.340 e. The lowest BCUT2D eigenvalue weighted by atomic mass is 10.2. The number of halogens is 1. The number of hydrogen-bond donors (Lipinski definition) is 1. The number of aromatic nitrogens is 1. The number of sulfonamides is 1. The van der Waals surface area contributed by atoms with Crippen LogP contribution in [0.2, 0.25) is 5.02 Å². The number of benzene rings is 2. The third-order valence-electron chi connectivity index (χ3n) is 4.03. The molecule has 0 saturated carbocycles. The minimum atomic E-state index is -3.98. The number of primary sulfonamides is 1. The van der Waals surface area contributed by atoms with Crippen LogP contribution in [0.3, 0.4) is 0 Å². The molecule has 0 aliphatic carbocycles. The number of methoxy groups -OCH3 is 2. The molecule has 0 fully saturated rings. The SMILES string of the molecule is COc1ccc(-c2nc(COC(=O)c3cc(S(N)(=O)=O)ccc3Cl)cs2)c(OC)c1. The number of thiazole rings is 1. The maximum atomic E-state index is 12.4. The van der Waals surface area contributed by atoms with E-state index in [4.69, 9.17) is 31.0 Å². The fraction of sp³-hybridized carbons (Fsp3) is 0.158. The zero-order chi connectivity index (χ0) is 21.9. The second kappa shape index (κ2) is 9.00. The van der Waals surface area contributed by atoms with Crippen molar-refractivity contribution in [1.82, 2.24) is 4.98 Å². The summed E-state index contributed by atoms with van der Waals surface area (Å²) in [6.07, 6.45) is 0. The summed E-state index contributed by atoms with van der Waals surface area (Å²) in [4.78, 5) is 16.6. The predicted molar refractivity (Wildman–Crippen MR) is 113 cm³/mol. The van der Waals surface area contributed by atoms with E-state index in [0.29, 0.717) is 22.2 Å². The van der Waals surface area contributed by atoms with Crippen LogP contribution in [0.25, 0.3) is 10.6 Å². The molecule has 0 aliphatic rings. The number of nitrogens with zero attached hydrogens (tertiary/aromatic N) is 1. The Labute approximate surface area is 182 Å². The molecule has 8 nitrogen and oxygen atoms in total. The number of rotatable bonds is 7. The second-order valence-corrected chi connectivity index (χ2v) is 8.80. The maximum Gasteiger partial charge on any atom is 0.340 e. The van der Waals surface area contributed by atoms with Crippen molar-refractivity contribution >= 4 is 38.9 Å². The van der Waals surface area contributed by atoms with Crippen LogP contribution >= 0.6 is 22.9 Å². The summed E-state index contributed by atoms with van der Waals surface area (Å²) in [7, 11) is -0.865. The van der Waals surface area contributed by atoms with Crippen LogP contribution in [-0.2, 0) is 21.4 Å². The standard InChI is InChI=1S/C19H17ClN2O6S2/c1-26-12-3-5-14(17(7-12)27-2)18-22-11(10-29-18)9-28-19(23)15-8-13(30(21,24)25)4-6-16(15)20/h3-8,10H,9H2,1-2H3,(H2,21,24,25). The van der Waals surface area contributed by atoms with Crippen molar-refractivity contribution in [1.29, 1.82) is 0 Å². The van der Waals surface area contributed by atoms with Gasteiger partial charge >= 0.3 is 5.97 Å². The van der Waals surface area contributed by atoms with Crippen molar-refractivity contribution < 1.29 is 27.4 Å². The van der Waals surface area contributed by atoms with Gasteiger partial charge in [0.15, 0.2) is 0 Å². The molecule has 0 saturated heterocycles. The van der Waals surface area contributed by atoms with E-state index in [1.165, 1.54) is 23.5 Å². The van der Waals surface area contributed by atoms with Gasteiger partial charge in [-0.05, 0) is 30.3 Å². The molecular weight excluding hydrogens is 452 g/mol. The van der Waals surface area contributed by atoms with Gasteiger partial charge in [-0.15, -0.1) is 11.3 Å². The normalized spacial score (nSPS) is 11.2. The molecule has 0 unspecified atom stereocenters. The number of carbonyl (C=O) groups is 1. The third kappa shape index (κ3) is 4.90. The van der Waals surface area contributed by atoms with E-state index in [1.807, 2.05) is 6.07 Å². The first kappa shape index (κ1) is 22.0. The first-order valence-corrected chi connectivity index (χ1v) is 11.2. The predicted octanol–water partition coefficient (Wildman–Crippen LogP) is 3.49. The summed E-state index contributed by atoms with van der Waals surface area (Å²) in [5.74, 6) is 0.459. The van der Waals surface area contributed by atoms with Gasteiger partial charge in [-0.1, -0.05) is 11.6 Å². The van der Waals surface area contributed by atoms with Gasteiger partial charge < -0.3 is 14.2 Å². The molecule has 0 bridgehead atoms. The summed E-state index contributed by atoms with van der Waals surface area (Å²) >= 11 is 7.35. The van der Waals surface area contributed by atoms with E-state index in [9.17, 15) is 13.2 Å². The summed E-state index contributed by atoms with van der Waals surface area (Å²) < 4.78 is 38.8. The largest absolute Gasteiger partial charge is 0.497 e. The van der Waals surface area contributed by atoms with Gasteiger partial charge in [0.05, 0.1) is 41.0 Å². The van der Waals surface area contributed by atoms with E-state index in [-0.39, 0.29) is 22.1 Å². The van der Waals surface area contributed by atoms with Crippen LogP contribution in [0.5, 0.6) is 11.5 Å². The third-order valence-corrected chi connectivity index (χ3v) is 6.19. The quantitative estimate of drug-likeness (QED) is 0.527. The minimum Gasteiger partial charge on any atom is -0.497 e. The van der Waals surface area contributed by atoms with Crippen LogP contribution in [0.4, 0.5) is 0 Å². The first-order chi connectivity index (χ1) is 14.2. The van der Waals surface area contributed by atoms with Gasteiger partial charge in [0.25, 0.3) is 0 Å². The number of nitrogens with two attached hydrogens (primary N) is 1. The highest BCUT2D eigenvalue weighted by atomic mass is 35.5. The summed E-state index contributed by atoms with van der Waals surface area (Å²) in [5, 5.41) is 7.56. The number of carbonyl (C=O) groups excluding carboxylic acids is 1. The Kier molecular flexibility index (Phi) is 6.61. The average molecular weight is 469 g/mol. The van der Waals surface area contributed by atoms with Crippen molar-refractivity contribution in [2.24, 2.45) is 5.14 Å². The van der Waals surface area contributed by atoms with Gasteiger partial charge in [-0.2, -0.15) is 0 Å². The van der Waals surface area contributed by atoms with Crippen molar-refractivity contribution in [2.45, 2.75) is 11.5 Å². The fourth-order valence-corrected chi connectivity index (χ4v) is 4.10. The Balaban J connectivity index is 1.76. The molecule has 2 N–H and O–H groups in total. The molecule has 3 rings (SSSR count). The van der Waals surface area contributed by atoms with Gasteiger partial charge in [0.1, 0.15) is 23.1 Å². The van der Waals surface area contributed by atoms with Crippen molar-refractivity contribution in [3.8, 4) is 22.1 Å². The van der Waals surface area contributed by atoms with Gasteiger partial charge in [0, 0.05) is 11.4 Å². The highest BCUT2D eigenvalue weighted by molar-refractivity contribution is 7.89. The molecule has 30 heavy (non-hydrogen) atoms. The highest BCUT2D eigenvalue weighted by Gasteiger charge is 2.18. The molecule has 0 spiro atoms. The minimum absolute atomic E-state index is 0.0503. The molecule has 0 aliphatic heterocycles. The van der Waals surface area contributed by atoms with E-state index in [2.05, 4.69) is 4.98 Å². The Hall–Kier alpha value is -2.66. The Morgan fingerprint density at radius 3 is 2.60 bits per heavy atom. The zero-order valence-corrected chi connectivity index (χ0v) is 18.3. The Bertz CT molecular complexity index is 1190. The molecule has 0 amide bonds. The second-order valence-electron chi connectivity index (χ2n) is 5.97. The monoisotopic (exact) mass is 468 g/mol. The molecule has 0 radical (unpaired) electrons. The van der Waals surface area contributed by atoms with Gasteiger partial charge in [-0.25, -0.2) is 23.3 Å². The highest BCUT2D eigenvalue weighted by Crippen LogP contribution is 2.35. The average Bonchev–Trinajstić information content (AvgIpc) is 3.19. The Morgan fingerprint density at radius 1 is 1.17 bits per heavy atom. The van der Waals surface area contributed by atoms with E-state index < -0.39 is 16.0 Å². The molecule has 158 valence electrons. The molecule has 1 aromatic heterocycles. The topological polar surface area (TPSA) is 118 Å². The molecule has 3 aromatic rings. The molecule has 1 heterocycles. The number of ether oxygens (including phenoxy) is 3. The lowest BCUT2D eigenvalue weighted by molar-refractivity contribution is 0.0468. The van der Waals surface area contributed by atoms with Gasteiger partial charge in [-0.3, -0.25) is 0 Å². The van der Waals surface area contributed by atoms with Crippen LogP contribution in [0, 0.1) is 0 Å². The Morgan fingerprint density at radius 2 is 1.93 bits per heavy atom. The maximum absolute atomic E-state index is 12.4. The van der Waals surface area contributed by atoms with Crippen LogP contribution in [-0.4, -0.2) is 33.6 Å². The number of esters is 1. The van der Waals surface area contributed by atoms with Crippen LogP contribution < -0.4 is 14.6 Å². The molecular formula is C19H17ClN2O6S2. The van der Waals surface area contributed by atoms with E-state index >= 15 is 0 Å². The molecule has 2 aromatic carbocycles. The van der Waals surface area contributed by atoms with Crippen molar-refractivity contribution in [2.75, 3.05) is 14.2 Å². The lowest BCUT2D eigenvalue weighted by Gasteiger charge is -2.08. The molecule has 11 heteroatoms. The van der Waals surface area contributed by atoms with E-state index in [0.717, 1.165) is 11.6 Å². The van der Waals surface area contributed by atoms with Gasteiger partial charge in [0.2, 0.25) is 10.0 Å². The fourth-order valence-electron chi connectivity index (χ4n) is 2.53. The zero-order valence-electron chi connectivity index (χ0n) is 15.9.